The van der Waals surface area contributed by atoms with Gasteiger partial charge in [-0.2, -0.15) is 13.2 Å². The number of hydrogen-bond donors (Lipinski definition) is 1. The molecule has 0 aromatic carbocycles. The van der Waals surface area contributed by atoms with Crippen molar-refractivity contribution in [3.8, 4) is 0 Å². The van der Waals surface area contributed by atoms with Gasteiger partial charge in [0, 0.05) is 27.2 Å². The van der Waals surface area contributed by atoms with E-state index in [-0.39, 0.29) is 11.6 Å². The first-order valence-corrected chi connectivity index (χ1v) is 4.16. The van der Waals surface area contributed by atoms with E-state index < -0.39 is 12.0 Å². The summed E-state index contributed by atoms with van der Waals surface area (Å²) < 4.78 is 37.1. The molecule has 1 N–H and O–H groups in total. The van der Waals surface area contributed by atoms with Crippen LogP contribution in [0.4, 0.5) is 24.8 Å². The second kappa shape index (κ2) is 3.92. The SMILES string of the molecule is CNc1cc(N(C)C)nc(C(F)(F)F)n1. The molecule has 7 heteroatoms. The van der Waals surface area contributed by atoms with Gasteiger partial charge in [0.15, 0.2) is 0 Å². The van der Waals surface area contributed by atoms with Gasteiger partial charge in [-0.05, 0) is 0 Å². The third-order valence-electron chi connectivity index (χ3n) is 1.68. The van der Waals surface area contributed by atoms with E-state index in [0.717, 1.165) is 0 Å². The predicted molar refractivity (Wildman–Crippen MR) is 50.9 cm³/mol. The molecule has 0 aliphatic carbocycles. The van der Waals surface area contributed by atoms with Crippen molar-refractivity contribution in [1.29, 1.82) is 0 Å². The van der Waals surface area contributed by atoms with Crippen LogP contribution in [0.2, 0.25) is 0 Å². The topological polar surface area (TPSA) is 41.0 Å². The molecule has 1 aromatic rings. The number of nitrogens with zero attached hydrogens (tertiary/aromatic N) is 3. The van der Waals surface area contributed by atoms with Crippen molar-refractivity contribution in [2.24, 2.45) is 0 Å². The van der Waals surface area contributed by atoms with Gasteiger partial charge in [0.2, 0.25) is 5.82 Å². The smallest absolute Gasteiger partial charge is 0.373 e. The zero-order chi connectivity index (χ0) is 11.6. The first-order valence-electron chi connectivity index (χ1n) is 4.16. The minimum atomic E-state index is -4.53. The molecule has 0 aliphatic rings. The molecule has 0 spiro atoms. The lowest BCUT2D eigenvalue weighted by molar-refractivity contribution is -0.144. The summed E-state index contributed by atoms with van der Waals surface area (Å²) in [4.78, 5) is 8.22. The molecule has 0 radical (unpaired) electrons. The maximum absolute atomic E-state index is 12.4. The number of rotatable bonds is 2. The Morgan fingerprint density at radius 3 is 2.27 bits per heavy atom. The summed E-state index contributed by atoms with van der Waals surface area (Å²) >= 11 is 0. The highest BCUT2D eigenvalue weighted by Crippen LogP contribution is 2.28. The Morgan fingerprint density at radius 2 is 1.87 bits per heavy atom. The van der Waals surface area contributed by atoms with Crippen LogP contribution in [0.5, 0.6) is 0 Å². The van der Waals surface area contributed by atoms with Crippen LogP contribution in [-0.2, 0) is 6.18 Å². The van der Waals surface area contributed by atoms with Crippen molar-refractivity contribution in [1.82, 2.24) is 9.97 Å². The van der Waals surface area contributed by atoms with Crippen LogP contribution in [0.1, 0.15) is 5.82 Å². The van der Waals surface area contributed by atoms with Crippen LogP contribution >= 0.6 is 0 Å². The van der Waals surface area contributed by atoms with Gasteiger partial charge in [0.25, 0.3) is 0 Å². The molecule has 1 rings (SSSR count). The van der Waals surface area contributed by atoms with Gasteiger partial charge in [-0.15, -0.1) is 0 Å². The summed E-state index contributed by atoms with van der Waals surface area (Å²) in [5.41, 5.74) is 0. The number of anilines is 2. The monoisotopic (exact) mass is 220 g/mol. The second-order valence-corrected chi connectivity index (χ2v) is 3.08. The van der Waals surface area contributed by atoms with Crippen molar-refractivity contribution >= 4 is 11.6 Å². The average Bonchev–Trinajstić information content (AvgIpc) is 2.15. The van der Waals surface area contributed by atoms with Gasteiger partial charge in [0.1, 0.15) is 11.6 Å². The predicted octanol–water partition coefficient (Wildman–Crippen LogP) is 1.60. The summed E-state index contributed by atoms with van der Waals surface area (Å²) in [5, 5.41) is 2.56. The molecule has 0 amide bonds. The van der Waals surface area contributed by atoms with Gasteiger partial charge in [0.05, 0.1) is 0 Å². The highest BCUT2D eigenvalue weighted by Gasteiger charge is 2.35. The highest BCUT2D eigenvalue weighted by molar-refractivity contribution is 5.48. The van der Waals surface area contributed by atoms with Gasteiger partial charge in [-0.1, -0.05) is 0 Å². The van der Waals surface area contributed by atoms with E-state index in [2.05, 4.69) is 15.3 Å². The number of nitrogens with one attached hydrogen (secondary N) is 1. The van der Waals surface area contributed by atoms with Crippen LogP contribution < -0.4 is 10.2 Å². The Morgan fingerprint density at radius 1 is 1.27 bits per heavy atom. The third kappa shape index (κ3) is 2.71. The minimum Gasteiger partial charge on any atom is -0.373 e. The lowest BCUT2D eigenvalue weighted by Gasteiger charge is -2.14. The van der Waals surface area contributed by atoms with Gasteiger partial charge in [-0.25, -0.2) is 9.97 Å². The van der Waals surface area contributed by atoms with Crippen LogP contribution in [0, 0.1) is 0 Å². The van der Waals surface area contributed by atoms with E-state index in [1.54, 1.807) is 14.1 Å². The summed E-state index contributed by atoms with van der Waals surface area (Å²) in [5.74, 6) is -0.791. The Balaban J connectivity index is 3.23. The summed E-state index contributed by atoms with van der Waals surface area (Å²) in [6.07, 6.45) is -4.53. The van der Waals surface area contributed by atoms with Crippen LogP contribution in [-0.4, -0.2) is 31.1 Å². The largest absolute Gasteiger partial charge is 0.451 e. The van der Waals surface area contributed by atoms with E-state index in [0.29, 0.717) is 0 Å². The van der Waals surface area contributed by atoms with E-state index in [1.807, 2.05) is 0 Å². The maximum atomic E-state index is 12.4. The molecule has 15 heavy (non-hydrogen) atoms. The molecule has 0 aliphatic heterocycles. The molecule has 0 atom stereocenters. The van der Waals surface area contributed by atoms with E-state index >= 15 is 0 Å². The number of hydrogen-bond acceptors (Lipinski definition) is 4. The zero-order valence-corrected chi connectivity index (χ0v) is 8.55. The quantitative estimate of drug-likeness (QED) is 0.822. The lowest BCUT2D eigenvalue weighted by Crippen LogP contribution is -2.17. The Hall–Kier alpha value is -1.53. The minimum absolute atomic E-state index is 0.140. The first kappa shape index (κ1) is 11.5. The van der Waals surface area contributed by atoms with Crippen molar-refractivity contribution in [2.75, 3.05) is 31.4 Å². The molecule has 0 saturated heterocycles. The van der Waals surface area contributed by atoms with Crippen LogP contribution in [0.15, 0.2) is 6.07 Å². The molecule has 84 valence electrons. The zero-order valence-electron chi connectivity index (χ0n) is 8.55. The third-order valence-corrected chi connectivity index (χ3v) is 1.68. The van der Waals surface area contributed by atoms with Crippen molar-refractivity contribution in [3.63, 3.8) is 0 Å². The fourth-order valence-electron chi connectivity index (χ4n) is 0.918. The number of aromatic nitrogens is 2. The summed E-state index contributed by atoms with van der Waals surface area (Å²) in [7, 11) is 4.73. The molecule has 1 heterocycles. The van der Waals surface area contributed by atoms with Crippen molar-refractivity contribution in [2.45, 2.75) is 6.18 Å². The van der Waals surface area contributed by atoms with E-state index in [1.165, 1.54) is 18.0 Å². The standard InChI is InChI=1S/C8H11F3N4/c1-12-5-4-6(15(2)3)14-7(13-5)8(9,10)11/h4H,1-3H3,(H,12,13,14). The molecule has 0 saturated carbocycles. The normalized spacial score (nSPS) is 11.3. The van der Waals surface area contributed by atoms with E-state index in [4.69, 9.17) is 0 Å². The molecular formula is C8H11F3N4. The lowest BCUT2D eigenvalue weighted by atomic mass is 10.4. The van der Waals surface area contributed by atoms with Crippen LogP contribution in [0.3, 0.4) is 0 Å². The van der Waals surface area contributed by atoms with E-state index in [9.17, 15) is 13.2 Å². The second-order valence-electron chi connectivity index (χ2n) is 3.08. The Bertz CT molecular complexity index is 348. The first-order chi connectivity index (χ1) is 6.84. The number of alkyl halides is 3. The molecule has 0 bridgehead atoms. The van der Waals surface area contributed by atoms with Gasteiger partial charge < -0.3 is 10.2 Å². The molecule has 1 aromatic heterocycles. The van der Waals surface area contributed by atoms with Gasteiger partial charge in [-0.3, -0.25) is 0 Å². The summed E-state index contributed by atoms with van der Waals surface area (Å²) in [6.45, 7) is 0. The maximum Gasteiger partial charge on any atom is 0.451 e. The number of halogens is 3. The summed E-state index contributed by atoms with van der Waals surface area (Å²) in [6, 6.07) is 1.44. The van der Waals surface area contributed by atoms with Gasteiger partial charge >= 0.3 is 6.18 Å². The Labute approximate surface area is 85.1 Å². The molecule has 0 unspecified atom stereocenters. The van der Waals surface area contributed by atoms with Crippen molar-refractivity contribution < 1.29 is 13.2 Å². The average molecular weight is 220 g/mol. The molecular weight excluding hydrogens is 209 g/mol. The fourth-order valence-corrected chi connectivity index (χ4v) is 0.918. The Kier molecular flexibility index (Phi) is 3.01. The molecule has 4 nitrogen and oxygen atoms in total. The fraction of sp³-hybridized carbons (Fsp3) is 0.500. The highest BCUT2D eigenvalue weighted by atomic mass is 19.4. The van der Waals surface area contributed by atoms with Crippen molar-refractivity contribution in [3.05, 3.63) is 11.9 Å². The molecule has 0 fully saturated rings. The van der Waals surface area contributed by atoms with Crippen LogP contribution in [0.25, 0.3) is 0 Å².